The van der Waals surface area contributed by atoms with Crippen molar-refractivity contribution in [2.24, 2.45) is 7.05 Å². The van der Waals surface area contributed by atoms with Gasteiger partial charge in [-0.1, -0.05) is 18.2 Å². The van der Waals surface area contributed by atoms with Gasteiger partial charge in [-0.25, -0.2) is 0 Å². The van der Waals surface area contributed by atoms with Crippen LogP contribution in [0.25, 0.3) is 0 Å². The smallest absolute Gasteiger partial charge is 0.243 e. The molecule has 0 radical (unpaired) electrons. The van der Waals surface area contributed by atoms with Gasteiger partial charge in [0.15, 0.2) is 0 Å². The fourth-order valence-electron chi connectivity index (χ4n) is 2.48. The Kier molecular flexibility index (Phi) is 3.18. The van der Waals surface area contributed by atoms with E-state index in [1.165, 1.54) is 5.56 Å². The van der Waals surface area contributed by atoms with Gasteiger partial charge in [0.05, 0.1) is 6.20 Å². The molecular formula is C15H18N4O. The van der Waals surface area contributed by atoms with Crippen LogP contribution in [0.2, 0.25) is 0 Å². The van der Waals surface area contributed by atoms with E-state index in [4.69, 9.17) is 0 Å². The van der Waals surface area contributed by atoms with E-state index in [2.05, 4.69) is 21.8 Å². The van der Waals surface area contributed by atoms with Crippen LogP contribution in [0.5, 0.6) is 0 Å². The first-order valence-electron chi connectivity index (χ1n) is 6.75. The summed E-state index contributed by atoms with van der Waals surface area (Å²) < 4.78 is 1.81. The molecule has 1 aliphatic rings. The maximum Gasteiger partial charge on any atom is 0.243 e. The molecule has 0 aliphatic carbocycles. The summed E-state index contributed by atoms with van der Waals surface area (Å²) in [5, 5.41) is 10.4. The zero-order valence-corrected chi connectivity index (χ0v) is 11.7. The van der Waals surface area contributed by atoms with Crippen LogP contribution in [0.15, 0.2) is 30.5 Å². The first-order chi connectivity index (χ1) is 9.65. The van der Waals surface area contributed by atoms with E-state index in [1.807, 2.05) is 36.9 Å². The summed E-state index contributed by atoms with van der Waals surface area (Å²) in [5.41, 5.74) is 4.39. The van der Waals surface area contributed by atoms with Crippen molar-refractivity contribution in [2.75, 3.05) is 5.32 Å². The molecular weight excluding hydrogens is 252 g/mol. The van der Waals surface area contributed by atoms with Crippen LogP contribution in [-0.4, -0.2) is 21.7 Å². The number of fused-ring (bicyclic) bond motifs is 1. The summed E-state index contributed by atoms with van der Waals surface area (Å²) in [4.78, 5) is 12.2. The maximum atomic E-state index is 12.2. The summed E-state index contributed by atoms with van der Waals surface area (Å²) in [6.07, 6.45) is 2.54. The highest BCUT2D eigenvalue weighted by Gasteiger charge is 2.26. The van der Waals surface area contributed by atoms with E-state index in [-0.39, 0.29) is 11.9 Å². The Bertz CT molecular complexity index is 622. The SMILES string of the molecule is Cc1c(CNC(=O)C2Cc3ccccc3N2)cnn1C. The molecule has 104 valence electrons. The first kappa shape index (κ1) is 12.7. The number of rotatable bonds is 3. The minimum Gasteiger partial charge on any atom is -0.373 e. The summed E-state index contributed by atoms with van der Waals surface area (Å²) >= 11 is 0. The van der Waals surface area contributed by atoms with Crippen molar-refractivity contribution < 1.29 is 4.79 Å². The zero-order chi connectivity index (χ0) is 14.1. The van der Waals surface area contributed by atoms with Crippen molar-refractivity contribution in [1.82, 2.24) is 15.1 Å². The minimum atomic E-state index is -0.177. The fraction of sp³-hybridized carbons (Fsp3) is 0.333. The monoisotopic (exact) mass is 270 g/mol. The second kappa shape index (κ2) is 5.00. The largest absolute Gasteiger partial charge is 0.373 e. The molecule has 0 bridgehead atoms. The Hall–Kier alpha value is -2.30. The molecule has 1 aromatic heterocycles. The van der Waals surface area contributed by atoms with E-state index in [0.29, 0.717) is 6.54 Å². The second-order valence-electron chi connectivity index (χ2n) is 5.15. The Balaban J connectivity index is 1.60. The van der Waals surface area contributed by atoms with Crippen LogP contribution in [-0.2, 0) is 24.8 Å². The zero-order valence-electron chi connectivity index (χ0n) is 11.7. The van der Waals surface area contributed by atoms with E-state index in [0.717, 1.165) is 23.4 Å². The lowest BCUT2D eigenvalue weighted by atomic mass is 10.1. The molecule has 2 heterocycles. The van der Waals surface area contributed by atoms with Crippen LogP contribution in [0.4, 0.5) is 5.69 Å². The lowest BCUT2D eigenvalue weighted by Gasteiger charge is -2.11. The summed E-state index contributed by atoms with van der Waals surface area (Å²) in [6, 6.07) is 7.86. The van der Waals surface area contributed by atoms with Gasteiger partial charge in [0.25, 0.3) is 0 Å². The molecule has 0 spiro atoms. The van der Waals surface area contributed by atoms with Crippen LogP contribution in [0.1, 0.15) is 16.8 Å². The van der Waals surface area contributed by atoms with Gasteiger partial charge in [-0.15, -0.1) is 0 Å². The average Bonchev–Trinajstić information content (AvgIpc) is 3.02. The second-order valence-corrected chi connectivity index (χ2v) is 5.15. The van der Waals surface area contributed by atoms with Gasteiger partial charge >= 0.3 is 0 Å². The Morgan fingerprint density at radius 2 is 2.30 bits per heavy atom. The Morgan fingerprint density at radius 1 is 1.50 bits per heavy atom. The lowest BCUT2D eigenvalue weighted by molar-refractivity contribution is -0.121. The summed E-state index contributed by atoms with van der Waals surface area (Å²) in [6.45, 7) is 2.52. The predicted molar refractivity (Wildman–Crippen MR) is 77.3 cm³/mol. The number of benzene rings is 1. The number of para-hydroxylation sites is 1. The molecule has 2 N–H and O–H groups in total. The van der Waals surface area contributed by atoms with Gasteiger partial charge in [0.2, 0.25) is 5.91 Å². The van der Waals surface area contributed by atoms with Crippen LogP contribution in [0.3, 0.4) is 0 Å². The first-order valence-corrected chi connectivity index (χ1v) is 6.75. The van der Waals surface area contributed by atoms with Crippen LogP contribution < -0.4 is 10.6 Å². The van der Waals surface area contributed by atoms with Crippen LogP contribution >= 0.6 is 0 Å². The van der Waals surface area contributed by atoms with Crippen molar-refractivity contribution >= 4 is 11.6 Å². The highest BCUT2D eigenvalue weighted by atomic mass is 16.2. The van der Waals surface area contributed by atoms with E-state index >= 15 is 0 Å². The van der Waals surface area contributed by atoms with Crippen molar-refractivity contribution in [3.05, 3.63) is 47.3 Å². The molecule has 0 saturated heterocycles. The minimum absolute atomic E-state index is 0.0319. The van der Waals surface area contributed by atoms with Crippen molar-refractivity contribution in [3.8, 4) is 0 Å². The topological polar surface area (TPSA) is 59.0 Å². The third-order valence-corrected chi connectivity index (χ3v) is 3.88. The number of hydrogen-bond donors (Lipinski definition) is 2. The summed E-state index contributed by atoms with van der Waals surface area (Å²) in [5.74, 6) is 0.0319. The quantitative estimate of drug-likeness (QED) is 0.886. The van der Waals surface area contributed by atoms with Crippen molar-refractivity contribution in [1.29, 1.82) is 0 Å². The van der Waals surface area contributed by atoms with E-state index in [9.17, 15) is 4.79 Å². The highest BCUT2D eigenvalue weighted by molar-refractivity contribution is 5.87. The van der Waals surface area contributed by atoms with Gasteiger partial charge < -0.3 is 10.6 Å². The fourth-order valence-corrected chi connectivity index (χ4v) is 2.48. The number of nitrogens with zero attached hydrogens (tertiary/aromatic N) is 2. The highest BCUT2D eigenvalue weighted by Crippen LogP contribution is 2.25. The van der Waals surface area contributed by atoms with E-state index < -0.39 is 0 Å². The number of carbonyl (C=O) groups excluding carboxylic acids is 1. The predicted octanol–water partition coefficient (Wildman–Crippen LogP) is 1.38. The number of hydrogen-bond acceptors (Lipinski definition) is 3. The Morgan fingerprint density at radius 3 is 3.00 bits per heavy atom. The van der Waals surface area contributed by atoms with Gasteiger partial charge in [-0.05, 0) is 18.6 Å². The molecule has 5 nitrogen and oxygen atoms in total. The third-order valence-electron chi connectivity index (χ3n) is 3.88. The molecule has 3 rings (SSSR count). The molecule has 1 aliphatic heterocycles. The lowest BCUT2D eigenvalue weighted by Crippen LogP contribution is -2.38. The molecule has 20 heavy (non-hydrogen) atoms. The molecule has 1 unspecified atom stereocenters. The standard InChI is InChI=1S/C15H18N4O/c1-10-12(9-17-19(10)2)8-16-15(20)14-7-11-5-3-4-6-13(11)18-14/h3-6,9,14,18H,7-8H2,1-2H3,(H,16,20). The number of amides is 1. The van der Waals surface area contributed by atoms with Gasteiger partial charge in [0, 0.05) is 37.0 Å². The molecule has 5 heteroatoms. The number of aryl methyl sites for hydroxylation is 1. The Labute approximate surface area is 118 Å². The van der Waals surface area contributed by atoms with Crippen molar-refractivity contribution in [2.45, 2.75) is 25.9 Å². The molecule has 1 atom stereocenters. The normalized spacial score (nSPS) is 16.6. The molecule has 0 saturated carbocycles. The number of nitrogens with one attached hydrogen (secondary N) is 2. The van der Waals surface area contributed by atoms with Gasteiger partial charge in [0.1, 0.15) is 6.04 Å². The molecule has 1 amide bonds. The van der Waals surface area contributed by atoms with Gasteiger partial charge in [-0.2, -0.15) is 5.10 Å². The maximum absolute atomic E-state index is 12.2. The number of carbonyl (C=O) groups is 1. The average molecular weight is 270 g/mol. The van der Waals surface area contributed by atoms with Crippen molar-refractivity contribution in [3.63, 3.8) is 0 Å². The van der Waals surface area contributed by atoms with Crippen LogP contribution in [0, 0.1) is 6.92 Å². The molecule has 1 aromatic carbocycles. The number of aromatic nitrogens is 2. The molecule has 2 aromatic rings. The summed E-state index contributed by atoms with van der Waals surface area (Å²) in [7, 11) is 1.90. The third kappa shape index (κ3) is 2.27. The van der Waals surface area contributed by atoms with Gasteiger partial charge in [-0.3, -0.25) is 9.48 Å². The van der Waals surface area contributed by atoms with E-state index in [1.54, 1.807) is 6.20 Å². The molecule has 0 fully saturated rings. The number of anilines is 1.